The van der Waals surface area contributed by atoms with E-state index in [4.69, 9.17) is 11.6 Å². The molecule has 29 heteroatoms. The highest BCUT2D eigenvalue weighted by Crippen LogP contribution is 2.56. The van der Waals surface area contributed by atoms with Gasteiger partial charge in [-0.15, -0.1) is 0 Å². The second-order valence-electron chi connectivity index (χ2n) is 31.1. The average Bonchev–Trinajstić information content (AvgIpc) is 1.56. The topological polar surface area (TPSA) is 280 Å². The summed E-state index contributed by atoms with van der Waals surface area (Å²) in [4.78, 5) is 59.8. The predicted molar refractivity (Wildman–Crippen MR) is 425 cm³/mol. The van der Waals surface area contributed by atoms with Crippen molar-refractivity contribution in [1.82, 2.24) is 63.4 Å². The number of rotatable bonds is 16. The van der Waals surface area contributed by atoms with Gasteiger partial charge in [-0.1, -0.05) is 46.9 Å². The Morgan fingerprint density at radius 3 is 1.34 bits per heavy atom. The van der Waals surface area contributed by atoms with E-state index in [1.54, 1.807) is 151 Å². The average molecular weight is 1630 g/mol. The molecule has 1 aliphatic heterocycles. The number of carbonyl (C=O) groups excluding carboxylic acids is 3. The number of fused-ring (bicyclic) bond motifs is 6. The standard InChI is InChI=1S/C30H28FN5O3S.C28H22ClFN4O3S.C28H29FN4O3S/c1-19-10-12-32-26(14-19)29(37)30-16-20-18-33-36(24-5-3-22(31)4-6-24)27(20)15-21(30)2-9-25(17-30)40(38,39)28-11-13-35(34-28)23-7-8-23;29-20-5-11-24(32-17-20)27(35)28-14-18-16-33-34(22-8-6-21(30)7-9-22)25(18)13-19(28)4-10-23(15-28)38(36,37)26-3-1-2-12-31-26;29-22-8-10-23(11-9-22)33-26-16-21-7-12-24(37(35,36)32-14-4-1-5-15-32)18-28(21,17-20(26)19-31-33)27(34)25-6-2-3-13-30-25/h3-6,10-15,18,23,25H,2,7-9,16-17H2,1H3;1-3,5-9,11-13,16-17,23H,4,10,14-15H2;2-3,6,8-11,13,16,19,24H,1,4-5,7,12,14-15,17-18H2/t25-,30-;23-,28-;24-,28-/m000/s1. The quantitative estimate of drug-likeness (QED) is 0.0813. The number of aryl methyl sites for hydroxylation is 1. The minimum Gasteiger partial charge on any atom is -0.291 e. The molecule has 3 aromatic carbocycles. The number of carbonyl (C=O) groups is 3. The zero-order chi connectivity index (χ0) is 79.8. The van der Waals surface area contributed by atoms with Crippen molar-refractivity contribution >= 4 is 76.9 Å². The van der Waals surface area contributed by atoms with Gasteiger partial charge >= 0.3 is 0 Å². The van der Waals surface area contributed by atoms with E-state index in [9.17, 15) is 52.8 Å². The van der Waals surface area contributed by atoms with Crippen LogP contribution in [-0.4, -0.2) is 135 Å². The Kier molecular flexibility index (Phi) is 20.3. The van der Waals surface area contributed by atoms with E-state index >= 15 is 0 Å². The molecule has 0 amide bonds. The number of piperidine rings is 1. The van der Waals surface area contributed by atoms with Crippen LogP contribution in [-0.2, 0) is 49.0 Å². The van der Waals surface area contributed by atoms with Crippen molar-refractivity contribution < 1.29 is 52.8 Å². The number of pyridine rings is 4. The molecule has 0 N–H and O–H groups in total. The van der Waals surface area contributed by atoms with Crippen molar-refractivity contribution in [2.45, 2.75) is 148 Å². The predicted octanol–water partition coefficient (Wildman–Crippen LogP) is 15.0. The molecule has 0 bridgehead atoms. The van der Waals surface area contributed by atoms with Gasteiger partial charge in [0.15, 0.2) is 47.1 Å². The number of halogens is 4. The minimum atomic E-state index is -3.78. The Morgan fingerprint density at radius 1 is 0.452 bits per heavy atom. The number of sulfonamides is 1. The summed E-state index contributed by atoms with van der Waals surface area (Å²) in [6.45, 7) is 3.01. The molecule has 588 valence electrons. The van der Waals surface area contributed by atoms with Gasteiger partial charge in [0.05, 0.1) is 95.8 Å². The van der Waals surface area contributed by atoms with E-state index in [0.29, 0.717) is 92.2 Å². The monoisotopic (exact) mass is 1630 g/mol. The van der Waals surface area contributed by atoms with E-state index in [2.05, 4.69) is 40.3 Å². The molecule has 19 rings (SSSR count). The molecule has 7 aliphatic carbocycles. The Hall–Kier alpha value is -10.8. The van der Waals surface area contributed by atoms with Crippen LogP contribution in [0, 0.1) is 40.6 Å². The molecule has 6 atom stereocenters. The first-order valence-corrected chi connectivity index (χ1v) is 43.5. The lowest BCUT2D eigenvalue weighted by Gasteiger charge is -2.44. The fourth-order valence-corrected chi connectivity index (χ4v) is 23.6. The maximum absolute atomic E-state index is 14.4. The Balaban J connectivity index is 0.000000124. The number of ketones is 3. The van der Waals surface area contributed by atoms with Crippen molar-refractivity contribution in [2.24, 2.45) is 16.2 Å². The number of nitrogens with zero attached hydrogens (tertiary/aromatic N) is 13. The third-order valence-electron chi connectivity index (χ3n) is 24.1. The first kappa shape index (κ1) is 76.8. The summed E-state index contributed by atoms with van der Waals surface area (Å²) >= 11 is 6.02. The van der Waals surface area contributed by atoms with Gasteiger partial charge in [-0.25, -0.2) is 61.8 Å². The van der Waals surface area contributed by atoms with E-state index < -0.39 is 61.7 Å². The van der Waals surface area contributed by atoms with E-state index in [1.807, 2.05) is 31.2 Å². The number of hydrogen-bond acceptors (Lipinski definition) is 17. The van der Waals surface area contributed by atoms with Crippen molar-refractivity contribution in [3.8, 4) is 17.1 Å². The summed E-state index contributed by atoms with van der Waals surface area (Å²) in [6, 6.07) is 36.9. The lowest BCUT2D eigenvalue weighted by molar-refractivity contribution is 0.0789. The van der Waals surface area contributed by atoms with Gasteiger partial charge in [0.1, 0.15) is 34.5 Å². The van der Waals surface area contributed by atoms with Gasteiger partial charge < -0.3 is 0 Å². The molecule has 0 spiro atoms. The summed E-state index contributed by atoms with van der Waals surface area (Å²) in [7, 11) is -11.1. The van der Waals surface area contributed by atoms with Gasteiger partial charge in [0.25, 0.3) is 0 Å². The molecule has 8 aliphatic rings. The van der Waals surface area contributed by atoms with Crippen LogP contribution < -0.4 is 0 Å². The highest BCUT2D eigenvalue weighted by atomic mass is 35.5. The molecular weight excluding hydrogens is 1550 g/mol. The first-order valence-electron chi connectivity index (χ1n) is 38.6. The van der Waals surface area contributed by atoms with Gasteiger partial charge in [-0.05, 0) is 278 Å². The molecule has 5 fully saturated rings. The van der Waals surface area contributed by atoms with Gasteiger partial charge in [0.2, 0.25) is 10.0 Å². The molecule has 115 heavy (non-hydrogen) atoms. The molecular formula is C86H79ClF3N13O9S3. The molecule has 0 unspecified atom stereocenters. The summed E-state index contributed by atoms with van der Waals surface area (Å²) < 4.78 is 132. The summed E-state index contributed by atoms with van der Waals surface area (Å²) in [5.74, 6) is -1.57. The number of hydrogen-bond donors (Lipinski definition) is 0. The molecule has 9 heterocycles. The van der Waals surface area contributed by atoms with E-state index in [0.717, 1.165) is 93.8 Å². The fourth-order valence-electron chi connectivity index (χ4n) is 17.9. The van der Waals surface area contributed by atoms with Gasteiger partial charge in [0, 0.05) is 44.1 Å². The van der Waals surface area contributed by atoms with Gasteiger partial charge in [-0.3, -0.25) is 34.0 Å². The second kappa shape index (κ2) is 30.4. The molecule has 4 saturated carbocycles. The van der Waals surface area contributed by atoms with Crippen LogP contribution in [0.25, 0.3) is 35.3 Å². The number of aromatic nitrogens is 12. The third kappa shape index (κ3) is 14.4. The maximum atomic E-state index is 14.4. The number of Topliss-reactive ketones (excluding diaryl/α,β-unsaturated/α-hetero) is 3. The van der Waals surface area contributed by atoms with E-state index in [1.165, 1.54) is 54.9 Å². The Labute approximate surface area is 667 Å². The number of allylic oxidation sites excluding steroid dienone is 3. The van der Waals surface area contributed by atoms with Crippen molar-refractivity contribution in [1.29, 1.82) is 0 Å². The van der Waals surface area contributed by atoms with Crippen LogP contribution in [0.4, 0.5) is 13.2 Å². The number of sulfone groups is 2. The lowest BCUT2D eigenvalue weighted by Crippen LogP contribution is -2.49. The van der Waals surface area contributed by atoms with Crippen LogP contribution >= 0.6 is 11.6 Å². The van der Waals surface area contributed by atoms with Crippen molar-refractivity contribution in [2.75, 3.05) is 13.1 Å². The zero-order valence-electron chi connectivity index (χ0n) is 62.6. The lowest BCUT2D eigenvalue weighted by atomic mass is 9.61. The van der Waals surface area contributed by atoms with Crippen molar-refractivity contribution in [3.05, 3.63) is 285 Å². The molecule has 1 saturated heterocycles. The molecule has 8 aromatic heterocycles. The van der Waals surface area contributed by atoms with E-state index in [-0.39, 0.29) is 82.3 Å². The van der Waals surface area contributed by atoms with Gasteiger partial charge in [-0.2, -0.15) is 20.4 Å². The number of benzene rings is 3. The molecule has 0 radical (unpaired) electrons. The van der Waals surface area contributed by atoms with Crippen LogP contribution in [0.3, 0.4) is 0 Å². The summed E-state index contributed by atoms with van der Waals surface area (Å²) in [5.41, 5.74) is 8.38. The summed E-state index contributed by atoms with van der Waals surface area (Å²) in [5, 5.41) is 16.4. The van der Waals surface area contributed by atoms with Crippen molar-refractivity contribution in [3.63, 3.8) is 0 Å². The highest BCUT2D eigenvalue weighted by molar-refractivity contribution is 7.92. The molecule has 11 aromatic rings. The van der Waals surface area contributed by atoms with Crippen LogP contribution in [0.15, 0.2) is 216 Å². The Bertz CT molecular complexity index is 6090. The van der Waals surface area contributed by atoms with Crippen LogP contribution in [0.2, 0.25) is 5.02 Å². The highest BCUT2D eigenvalue weighted by Gasteiger charge is 2.56. The second-order valence-corrected chi connectivity index (χ2v) is 38.1. The summed E-state index contributed by atoms with van der Waals surface area (Å²) in [6.07, 6.45) is 27.7. The zero-order valence-corrected chi connectivity index (χ0v) is 65.8. The molecule has 22 nitrogen and oxygen atoms in total. The van der Waals surface area contributed by atoms with Crippen LogP contribution in [0.1, 0.15) is 167 Å². The minimum absolute atomic E-state index is 0.00488. The largest absolute Gasteiger partial charge is 0.291 e. The Morgan fingerprint density at radius 2 is 0.896 bits per heavy atom. The maximum Gasteiger partial charge on any atom is 0.217 e. The van der Waals surface area contributed by atoms with Crippen LogP contribution in [0.5, 0.6) is 0 Å². The normalized spacial score (nSPS) is 22.4. The first-order chi connectivity index (χ1) is 55.4. The third-order valence-corrected chi connectivity index (χ3v) is 30.8. The SMILES string of the molecule is Cc1ccnc(C(=O)[C@]23Cc4cnn(-c5ccc(F)cc5)c4C=C2CC[C@H](S(=O)(=O)c2ccn(C4CC4)n2)C3)c1.O=C(c1ccc(Cl)cn1)[C@]12Cc3cnn(-c4ccc(F)cc4)c3C=C1CC[C@H](S(=O)(=O)c1ccccn1)C2.O=C(c1ccccn1)[C@]12Cc3cnn(-c4ccc(F)cc4)c3C=C1CC[C@H](S(=O)(=O)N1CCCCC1)C2. The fraction of sp³-hybridized carbons (Fsp3) is 0.314. The smallest absolute Gasteiger partial charge is 0.217 e.